The average molecular weight is 384 g/mol. The van der Waals surface area contributed by atoms with Crippen LogP contribution in [0.5, 0.6) is 5.75 Å². The first-order valence-electron chi connectivity index (χ1n) is 8.03. The van der Waals surface area contributed by atoms with Crippen molar-refractivity contribution in [3.8, 4) is 5.75 Å². The maximum Gasteiger partial charge on any atom is 0.303 e. The van der Waals surface area contributed by atoms with Gasteiger partial charge in [-0.2, -0.15) is 14.9 Å². The lowest BCUT2D eigenvalue weighted by atomic mass is 10.0. The third kappa shape index (κ3) is 3.93. The van der Waals surface area contributed by atoms with Gasteiger partial charge in [-0.15, -0.1) is 0 Å². The minimum Gasteiger partial charge on any atom is -0.496 e. The summed E-state index contributed by atoms with van der Waals surface area (Å²) in [4.78, 5) is 23.2. The number of rotatable bonds is 6. The Morgan fingerprint density at radius 1 is 1.37 bits per heavy atom. The van der Waals surface area contributed by atoms with Crippen molar-refractivity contribution in [2.45, 2.75) is 12.8 Å². The van der Waals surface area contributed by atoms with Crippen LogP contribution in [0.3, 0.4) is 0 Å². The molecule has 0 saturated heterocycles. The van der Waals surface area contributed by atoms with E-state index in [0.29, 0.717) is 11.3 Å². The van der Waals surface area contributed by atoms with E-state index in [2.05, 4.69) is 15.3 Å². The van der Waals surface area contributed by atoms with Gasteiger partial charge in [0.1, 0.15) is 11.4 Å². The van der Waals surface area contributed by atoms with E-state index in [9.17, 15) is 9.59 Å². The zero-order chi connectivity index (χ0) is 19.4. The van der Waals surface area contributed by atoms with E-state index in [4.69, 9.17) is 22.1 Å². The normalized spacial score (nSPS) is 11.1. The maximum atomic E-state index is 12.5. The molecule has 0 saturated carbocycles. The van der Waals surface area contributed by atoms with Crippen LogP contribution in [-0.4, -0.2) is 39.3 Å². The standard InChI is InChI=1S/C18H16N4O4S/c1-26-15-8-6-11-4-2-3-5-12(11)13(15)10-19-22-17(25)14(7-9-16(23)24)20-21-18(22)27/h2-6,8,10H,7,9H2,1H3,(H,21,27)(H,23,24)/b19-10-. The van der Waals surface area contributed by atoms with Gasteiger partial charge in [0, 0.05) is 12.0 Å². The summed E-state index contributed by atoms with van der Waals surface area (Å²) in [5.74, 6) is -0.422. The van der Waals surface area contributed by atoms with Gasteiger partial charge in [0.2, 0.25) is 4.77 Å². The van der Waals surface area contributed by atoms with Crippen LogP contribution in [0.25, 0.3) is 10.8 Å². The summed E-state index contributed by atoms with van der Waals surface area (Å²) < 4.78 is 6.40. The van der Waals surface area contributed by atoms with E-state index in [-0.39, 0.29) is 23.3 Å². The number of aromatic amines is 1. The molecule has 0 unspecified atom stereocenters. The number of methoxy groups -OCH3 is 1. The second-order valence-electron chi connectivity index (χ2n) is 5.63. The quantitative estimate of drug-likeness (QED) is 0.499. The number of carboxylic acid groups (broad SMARTS) is 1. The van der Waals surface area contributed by atoms with E-state index in [0.717, 1.165) is 15.4 Å². The first-order valence-corrected chi connectivity index (χ1v) is 8.44. The Labute approximate surface area is 158 Å². The Hall–Kier alpha value is -3.33. The average Bonchev–Trinajstić information content (AvgIpc) is 2.67. The minimum atomic E-state index is -1.02. The molecule has 0 radical (unpaired) electrons. The van der Waals surface area contributed by atoms with Crippen LogP contribution in [-0.2, 0) is 11.2 Å². The van der Waals surface area contributed by atoms with Gasteiger partial charge in [-0.25, -0.2) is 0 Å². The molecule has 8 nitrogen and oxygen atoms in total. The first kappa shape index (κ1) is 18.5. The molecule has 27 heavy (non-hydrogen) atoms. The number of aliphatic carboxylic acids is 1. The molecule has 0 fully saturated rings. The molecule has 2 aromatic carbocycles. The lowest BCUT2D eigenvalue weighted by Gasteiger charge is -2.08. The smallest absolute Gasteiger partial charge is 0.303 e. The number of hydrogen-bond acceptors (Lipinski definition) is 6. The summed E-state index contributed by atoms with van der Waals surface area (Å²) in [5, 5.41) is 21.2. The fraction of sp³-hybridized carbons (Fsp3) is 0.167. The number of aromatic nitrogens is 3. The lowest BCUT2D eigenvalue weighted by Crippen LogP contribution is -2.25. The van der Waals surface area contributed by atoms with Crippen molar-refractivity contribution in [3.05, 3.63) is 62.8 Å². The van der Waals surface area contributed by atoms with Gasteiger partial charge in [-0.3, -0.25) is 14.7 Å². The predicted octanol–water partition coefficient (Wildman–Crippen LogP) is 2.36. The number of nitrogens with zero attached hydrogens (tertiary/aromatic N) is 3. The van der Waals surface area contributed by atoms with Gasteiger partial charge in [0.05, 0.1) is 19.7 Å². The first-order chi connectivity index (χ1) is 13.0. The topological polar surface area (TPSA) is 110 Å². The molecule has 3 aromatic rings. The Morgan fingerprint density at radius 3 is 2.89 bits per heavy atom. The Kier molecular flexibility index (Phi) is 5.41. The van der Waals surface area contributed by atoms with Crippen molar-refractivity contribution in [1.82, 2.24) is 14.9 Å². The molecule has 0 aliphatic heterocycles. The van der Waals surface area contributed by atoms with E-state index in [1.54, 1.807) is 7.11 Å². The summed E-state index contributed by atoms with van der Waals surface area (Å²) in [6, 6.07) is 11.5. The van der Waals surface area contributed by atoms with Crippen LogP contribution in [0.4, 0.5) is 0 Å². The number of ether oxygens (including phenoxy) is 1. The lowest BCUT2D eigenvalue weighted by molar-refractivity contribution is -0.136. The molecule has 0 amide bonds. The second-order valence-corrected chi connectivity index (χ2v) is 6.02. The Balaban J connectivity index is 2.08. The second kappa shape index (κ2) is 7.92. The molecule has 0 bridgehead atoms. The molecule has 1 aromatic heterocycles. The van der Waals surface area contributed by atoms with Crippen LogP contribution in [0.1, 0.15) is 17.7 Å². The highest BCUT2D eigenvalue weighted by molar-refractivity contribution is 7.71. The molecular weight excluding hydrogens is 368 g/mol. The highest BCUT2D eigenvalue weighted by Gasteiger charge is 2.10. The Morgan fingerprint density at radius 2 is 2.15 bits per heavy atom. The van der Waals surface area contributed by atoms with Crippen molar-refractivity contribution in [1.29, 1.82) is 0 Å². The van der Waals surface area contributed by atoms with E-state index < -0.39 is 11.5 Å². The third-order valence-corrected chi connectivity index (χ3v) is 4.21. The van der Waals surface area contributed by atoms with Crippen molar-refractivity contribution in [2.75, 3.05) is 7.11 Å². The zero-order valence-electron chi connectivity index (χ0n) is 14.4. The molecule has 1 heterocycles. The molecule has 9 heteroatoms. The van der Waals surface area contributed by atoms with Crippen molar-refractivity contribution in [2.24, 2.45) is 5.10 Å². The molecule has 0 spiro atoms. The number of H-pyrrole nitrogens is 1. The monoisotopic (exact) mass is 384 g/mol. The van der Waals surface area contributed by atoms with Crippen molar-refractivity contribution >= 4 is 35.2 Å². The molecular formula is C18H16N4O4S. The van der Waals surface area contributed by atoms with E-state index in [1.807, 2.05) is 36.4 Å². The summed E-state index contributed by atoms with van der Waals surface area (Å²) in [6.07, 6.45) is 1.26. The highest BCUT2D eigenvalue weighted by Crippen LogP contribution is 2.26. The van der Waals surface area contributed by atoms with Crippen molar-refractivity contribution in [3.63, 3.8) is 0 Å². The molecule has 0 aliphatic rings. The molecule has 0 atom stereocenters. The zero-order valence-corrected chi connectivity index (χ0v) is 15.2. The predicted molar refractivity (Wildman–Crippen MR) is 103 cm³/mol. The number of hydrogen-bond donors (Lipinski definition) is 2. The van der Waals surface area contributed by atoms with Crippen LogP contribution >= 0.6 is 12.2 Å². The van der Waals surface area contributed by atoms with Crippen LogP contribution in [0, 0.1) is 4.77 Å². The fourth-order valence-corrected chi connectivity index (χ4v) is 2.80. The molecule has 3 rings (SSSR count). The van der Waals surface area contributed by atoms with Gasteiger partial charge < -0.3 is 9.84 Å². The van der Waals surface area contributed by atoms with Gasteiger partial charge >= 0.3 is 5.97 Å². The number of benzene rings is 2. The molecule has 0 aliphatic carbocycles. The SMILES string of the molecule is COc1ccc2ccccc2c1/C=N\n1c(=S)[nH]nc(CCC(=O)O)c1=O. The molecule has 138 valence electrons. The number of fused-ring (bicyclic) bond motifs is 1. The summed E-state index contributed by atoms with van der Waals surface area (Å²) in [5.41, 5.74) is 0.185. The third-order valence-electron chi connectivity index (χ3n) is 3.95. The van der Waals surface area contributed by atoms with Crippen LogP contribution in [0.15, 0.2) is 46.3 Å². The minimum absolute atomic E-state index is 0.00882. The van der Waals surface area contributed by atoms with Crippen molar-refractivity contribution < 1.29 is 14.6 Å². The Bertz CT molecular complexity index is 1150. The van der Waals surface area contributed by atoms with E-state index in [1.165, 1.54) is 6.21 Å². The molecule has 2 N–H and O–H groups in total. The number of nitrogens with one attached hydrogen (secondary N) is 1. The van der Waals surface area contributed by atoms with Gasteiger partial charge in [0.25, 0.3) is 5.56 Å². The number of carboxylic acids is 1. The van der Waals surface area contributed by atoms with Gasteiger partial charge in [-0.05, 0) is 29.1 Å². The van der Waals surface area contributed by atoms with E-state index >= 15 is 0 Å². The van der Waals surface area contributed by atoms with Gasteiger partial charge in [0.15, 0.2) is 0 Å². The fourth-order valence-electron chi connectivity index (χ4n) is 2.62. The van der Waals surface area contributed by atoms with Gasteiger partial charge in [-0.1, -0.05) is 30.3 Å². The largest absolute Gasteiger partial charge is 0.496 e. The highest BCUT2D eigenvalue weighted by atomic mass is 32.1. The van der Waals surface area contributed by atoms with Crippen LogP contribution in [0.2, 0.25) is 0 Å². The summed E-state index contributed by atoms with van der Waals surface area (Å²) in [6.45, 7) is 0. The summed E-state index contributed by atoms with van der Waals surface area (Å²) in [7, 11) is 1.55. The number of carbonyl (C=O) groups is 1. The summed E-state index contributed by atoms with van der Waals surface area (Å²) >= 11 is 5.09. The van der Waals surface area contributed by atoms with Crippen LogP contribution < -0.4 is 10.3 Å². The maximum absolute atomic E-state index is 12.5. The number of aryl methyl sites for hydroxylation is 1.